The Hall–Kier alpha value is -2.86. The smallest absolute Gasteiger partial charge is 0.326 e. The lowest BCUT2D eigenvalue weighted by atomic mass is 10.1. The van der Waals surface area contributed by atoms with E-state index in [1.807, 2.05) is 23.1 Å². The van der Waals surface area contributed by atoms with Crippen LogP contribution in [-0.2, 0) is 6.42 Å². The lowest BCUT2D eigenvalue weighted by molar-refractivity contribution is 0.0949. The monoisotopic (exact) mass is 408 g/mol. The second-order valence-corrected chi connectivity index (χ2v) is 7.53. The van der Waals surface area contributed by atoms with Crippen molar-refractivity contribution in [3.8, 4) is 0 Å². The molecule has 3 amide bonds. The summed E-state index contributed by atoms with van der Waals surface area (Å²) in [5, 5.41) is 5.92. The van der Waals surface area contributed by atoms with Gasteiger partial charge in [-0.05, 0) is 68.2 Å². The Labute approximate surface area is 179 Å². The van der Waals surface area contributed by atoms with Crippen molar-refractivity contribution < 1.29 is 9.59 Å². The number of hydrogen-bond donors (Lipinski definition) is 2. The van der Waals surface area contributed by atoms with E-state index in [9.17, 15) is 9.59 Å². The van der Waals surface area contributed by atoms with Crippen LogP contribution in [0.4, 0.5) is 16.2 Å². The highest BCUT2D eigenvalue weighted by Crippen LogP contribution is 2.26. The number of benzene rings is 2. The molecule has 1 aliphatic rings. The van der Waals surface area contributed by atoms with Crippen LogP contribution in [0, 0.1) is 0 Å². The summed E-state index contributed by atoms with van der Waals surface area (Å²) in [5.41, 5.74) is 3.47. The maximum absolute atomic E-state index is 12.9. The summed E-state index contributed by atoms with van der Waals surface area (Å²) in [7, 11) is 0. The maximum Gasteiger partial charge on any atom is 0.326 e. The van der Waals surface area contributed by atoms with E-state index in [1.165, 1.54) is 5.56 Å². The molecule has 0 fully saturated rings. The zero-order valence-corrected chi connectivity index (χ0v) is 18.0. The highest BCUT2D eigenvalue weighted by atomic mass is 16.2. The number of hydrogen-bond acceptors (Lipinski definition) is 3. The summed E-state index contributed by atoms with van der Waals surface area (Å²) in [4.78, 5) is 29.3. The van der Waals surface area contributed by atoms with Gasteiger partial charge in [0.1, 0.15) is 0 Å². The Morgan fingerprint density at radius 2 is 1.73 bits per heavy atom. The van der Waals surface area contributed by atoms with Crippen molar-refractivity contribution in [2.75, 3.05) is 42.9 Å². The average Bonchev–Trinajstić information content (AvgIpc) is 3.00. The van der Waals surface area contributed by atoms with Gasteiger partial charge < -0.3 is 15.5 Å². The number of amides is 3. The number of nitrogens with zero attached hydrogens (tertiary/aromatic N) is 2. The predicted molar refractivity (Wildman–Crippen MR) is 122 cm³/mol. The fourth-order valence-electron chi connectivity index (χ4n) is 3.77. The van der Waals surface area contributed by atoms with Gasteiger partial charge in [-0.15, -0.1) is 0 Å². The minimum absolute atomic E-state index is 0.0959. The van der Waals surface area contributed by atoms with E-state index in [-0.39, 0.29) is 11.9 Å². The first-order valence-electron chi connectivity index (χ1n) is 10.9. The third kappa shape index (κ3) is 5.60. The predicted octanol–water partition coefficient (Wildman–Crippen LogP) is 4.13. The molecule has 0 saturated heterocycles. The molecule has 30 heavy (non-hydrogen) atoms. The number of nitrogens with one attached hydrogen (secondary N) is 2. The van der Waals surface area contributed by atoms with Gasteiger partial charge >= 0.3 is 6.03 Å². The summed E-state index contributed by atoms with van der Waals surface area (Å²) in [5.74, 6) is -0.0959. The molecule has 6 heteroatoms. The zero-order chi connectivity index (χ0) is 21.3. The fraction of sp³-hybridized carbons (Fsp3) is 0.417. The van der Waals surface area contributed by atoms with Crippen molar-refractivity contribution >= 4 is 23.3 Å². The molecule has 0 aliphatic carbocycles. The van der Waals surface area contributed by atoms with Crippen molar-refractivity contribution in [2.24, 2.45) is 0 Å². The highest BCUT2D eigenvalue weighted by Gasteiger charge is 2.21. The van der Waals surface area contributed by atoms with Crippen molar-refractivity contribution in [2.45, 2.75) is 33.1 Å². The second kappa shape index (κ2) is 10.8. The molecule has 1 heterocycles. The second-order valence-electron chi connectivity index (χ2n) is 7.53. The first-order valence-corrected chi connectivity index (χ1v) is 10.9. The summed E-state index contributed by atoms with van der Waals surface area (Å²) in [6.45, 7) is 8.34. The number of rotatable bonds is 7. The van der Waals surface area contributed by atoms with Gasteiger partial charge in [-0.25, -0.2) is 4.79 Å². The largest absolute Gasteiger partial charge is 0.351 e. The van der Waals surface area contributed by atoms with E-state index in [0.717, 1.165) is 44.6 Å². The lowest BCUT2D eigenvalue weighted by Gasteiger charge is -2.23. The SMILES string of the molecule is CCN(CC)CCNC(=O)c1ccc(NC(=O)N2CCCCc3ccccc32)cc1. The highest BCUT2D eigenvalue weighted by molar-refractivity contribution is 6.02. The third-order valence-corrected chi connectivity index (χ3v) is 5.61. The van der Waals surface area contributed by atoms with Gasteiger partial charge in [0.05, 0.1) is 0 Å². The van der Waals surface area contributed by atoms with E-state index in [1.54, 1.807) is 24.3 Å². The minimum atomic E-state index is -0.138. The molecule has 160 valence electrons. The summed E-state index contributed by atoms with van der Waals surface area (Å²) in [6.07, 6.45) is 3.06. The van der Waals surface area contributed by atoms with E-state index in [2.05, 4.69) is 35.4 Å². The molecule has 0 atom stereocenters. The van der Waals surface area contributed by atoms with Crippen molar-refractivity contribution in [1.29, 1.82) is 0 Å². The number of urea groups is 1. The van der Waals surface area contributed by atoms with Crippen LogP contribution in [0.15, 0.2) is 48.5 Å². The number of aryl methyl sites for hydroxylation is 1. The fourth-order valence-corrected chi connectivity index (χ4v) is 3.77. The minimum Gasteiger partial charge on any atom is -0.351 e. The van der Waals surface area contributed by atoms with Crippen LogP contribution in [0.25, 0.3) is 0 Å². The van der Waals surface area contributed by atoms with Gasteiger partial charge in [-0.2, -0.15) is 0 Å². The molecule has 0 radical (unpaired) electrons. The molecular formula is C24H32N4O2. The van der Waals surface area contributed by atoms with Gasteiger partial charge in [-0.3, -0.25) is 9.69 Å². The third-order valence-electron chi connectivity index (χ3n) is 5.61. The Bertz CT molecular complexity index is 847. The molecule has 6 nitrogen and oxygen atoms in total. The first kappa shape index (κ1) is 21.8. The van der Waals surface area contributed by atoms with Gasteiger partial charge in [-0.1, -0.05) is 32.0 Å². The van der Waals surface area contributed by atoms with Gasteiger partial charge in [0, 0.05) is 36.6 Å². The molecule has 0 aromatic heterocycles. The number of fused-ring (bicyclic) bond motifs is 1. The Morgan fingerprint density at radius 1 is 1.00 bits per heavy atom. The van der Waals surface area contributed by atoms with Crippen LogP contribution in [0.1, 0.15) is 42.6 Å². The van der Waals surface area contributed by atoms with Crippen LogP contribution in [0.2, 0.25) is 0 Å². The molecule has 0 bridgehead atoms. The number of carbonyl (C=O) groups excluding carboxylic acids is 2. The molecule has 2 N–H and O–H groups in total. The van der Waals surface area contributed by atoms with Crippen LogP contribution >= 0.6 is 0 Å². The number of carbonyl (C=O) groups is 2. The van der Waals surface area contributed by atoms with E-state index >= 15 is 0 Å². The number of anilines is 2. The number of para-hydroxylation sites is 1. The number of likely N-dealkylation sites (N-methyl/N-ethyl adjacent to an activating group) is 1. The molecule has 0 saturated carbocycles. The van der Waals surface area contributed by atoms with Crippen LogP contribution in [-0.4, -0.2) is 49.6 Å². The van der Waals surface area contributed by atoms with E-state index < -0.39 is 0 Å². The quantitative estimate of drug-likeness (QED) is 0.724. The van der Waals surface area contributed by atoms with Crippen molar-refractivity contribution in [1.82, 2.24) is 10.2 Å². The van der Waals surface area contributed by atoms with E-state index in [0.29, 0.717) is 24.3 Å². The van der Waals surface area contributed by atoms with Crippen molar-refractivity contribution in [3.05, 3.63) is 59.7 Å². The summed E-state index contributed by atoms with van der Waals surface area (Å²) >= 11 is 0. The van der Waals surface area contributed by atoms with Crippen LogP contribution in [0.3, 0.4) is 0 Å². The maximum atomic E-state index is 12.9. The topological polar surface area (TPSA) is 64.7 Å². The summed E-state index contributed by atoms with van der Waals surface area (Å²) in [6, 6.07) is 15.0. The first-order chi connectivity index (χ1) is 14.6. The van der Waals surface area contributed by atoms with Crippen molar-refractivity contribution in [3.63, 3.8) is 0 Å². The van der Waals surface area contributed by atoms with Gasteiger partial charge in [0.25, 0.3) is 5.91 Å². The lowest BCUT2D eigenvalue weighted by Crippen LogP contribution is -2.35. The van der Waals surface area contributed by atoms with Crippen LogP contribution < -0.4 is 15.5 Å². The molecule has 0 spiro atoms. The zero-order valence-electron chi connectivity index (χ0n) is 18.0. The Morgan fingerprint density at radius 3 is 2.47 bits per heavy atom. The molecule has 3 rings (SSSR count). The van der Waals surface area contributed by atoms with Gasteiger partial charge in [0.15, 0.2) is 0 Å². The molecule has 2 aromatic rings. The molecule has 1 aliphatic heterocycles. The molecule has 2 aromatic carbocycles. The average molecular weight is 409 g/mol. The standard InChI is InChI=1S/C24H32N4O2/c1-3-27(4-2)18-16-25-23(29)20-12-14-21(15-13-20)26-24(30)28-17-8-7-10-19-9-5-6-11-22(19)28/h5-6,9,11-15H,3-4,7-8,10,16-18H2,1-2H3,(H,25,29)(H,26,30). The normalized spacial score (nSPS) is 13.5. The summed E-state index contributed by atoms with van der Waals surface area (Å²) < 4.78 is 0. The molecular weight excluding hydrogens is 376 g/mol. The van der Waals surface area contributed by atoms with Crippen LogP contribution in [0.5, 0.6) is 0 Å². The van der Waals surface area contributed by atoms with E-state index in [4.69, 9.17) is 0 Å². The molecule has 0 unspecified atom stereocenters. The Kier molecular flexibility index (Phi) is 7.85. The van der Waals surface area contributed by atoms with Gasteiger partial charge in [0.2, 0.25) is 0 Å². The Balaban J connectivity index is 1.58.